The Morgan fingerprint density at radius 2 is 1.74 bits per heavy atom. The smallest absolute Gasteiger partial charge is 0.403 e. The molecule has 0 amide bonds. The number of nitrogens with one attached hydrogen (secondary N) is 1. The fourth-order valence-electron chi connectivity index (χ4n) is 3.43. The summed E-state index contributed by atoms with van der Waals surface area (Å²) in [4.78, 5) is 0. The van der Waals surface area contributed by atoms with E-state index >= 15 is 0 Å². The van der Waals surface area contributed by atoms with Gasteiger partial charge in [-0.3, -0.25) is 0 Å². The molecule has 0 aromatic carbocycles. The first-order chi connectivity index (χ1) is 8.91. The summed E-state index contributed by atoms with van der Waals surface area (Å²) in [6.07, 6.45) is 2.76. The molecule has 0 saturated carbocycles. The van der Waals surface area contributed by atoms with Crippen molar-refractivity contribution in [2.75, 3.05) is 19.7 Å². The molecule has 0 spiro atoms. The van der Waals surface area contributed by atoms with Crippen LogP contribution in [0.15, 0.2) is 0 Å². The maximum Gasteiger partial charge on any atom is 0.462 e. The Kier molecular flexibility index (Phi) is 3.45. The molecule has 0 radical (unpaired) electrons. The monoisotopic (exact) mass is 267 g/mol. The van der Waals surface area contributed by atoms with Gasteiger partial charge in [-0.1, -0.05) is 0 Å². The van der Waals surface area contributed by atoms with Crippen LogP contribution in [-0.4, -0.2) is 44.1 Å². The lowest BCUT2D eigenvalue weighted by molar-refractivity contribution is 0.00578. The van der Waals surface area contributed by atoms with Gasteiger partial charge < -0.3 is 19.4 Å². The summed E-state index contributed by atoms with van der Waals surface area (Å²) in [5.74, 6) is 0.932. The second kappa shape index (κ2) is 4.73. The third-order valence-electron chi connectivity index (χ3n) is 5.37. The van der Waals surface area contributed by atoms with Crippen LogP contribution >= 0.6 is 0 Å². The van der Waals surface area contributed by atoms with E-state index in [9.17, 15) is 0 Å². The molecule has 5 heteroatoms. The molecule has 0 aromatic heterocycles. The van der Waals surface area contributed by atoms with Crippen LogP contribution in [0.4, 0.5) is 0 Å². The van der Waals surface area contributed by atoms with E-state index in [-0.39, 0.29) is 18.3 Å². The molecule has 0 aromatic rings. The molecular weight excluding hydrogens is 241 g/mol. The molecule has 19 heavy (non-hydrogen) atoms. The largest absolute Gasteiger partial charge is 0.462 e. The zero-order valence-electron chi connectivity index (χ0n) is 12.6. The second-order valence-corrected chi connectivity index (χ2v) is 7.16. The molecule has 1 N–H and O–H groups in total. The van der Waals surface area contributed by atoms with Gasteiger partial charge in [0.1, 0.15) is 0 Å². The summed E-state index contributed by atoms with van der Waals surface area (Å²) in [5.41, 5.74) is -0.470. The Morgan fingerprint density at radius 1 is 1.05 bits per heavy atom. The molecule has 3 saturated heterocycles. The third kappa shape index (κ3) is 2.35. The van der Waals surface area contributed by atoms with Crippen LogP contribution in [0.5, 0.6) is 0 Å². The minimum absolute atomic E-state index is 0.103. The zero-order chi connectivity index (χ0) is 13.7. The zero-order valence-corrected chi connectivity index (χ0v) is 12.6. The van der Waals surface area contributed by atoms with E-state index in [1.807, 2.05) is 0 Å². The van der Waals surface area contributed by atoms with Crippen molar-refractivity contribution in [3.8, 4) is 0 Å². The Labute approximate surface area is 116 Å². The average molecular weight is 267 g/mol. The summed E-state index contributed by atoms with van der Waals surface area (Å²) in [6.45, 7) is 11.4. The summed E-state index contributed by atoms with van der Waals surface area (Å²) in [6, 6.07) is 0. The van der Waals surface area contributed by atoms with E-state index in [0.717, 1.165) is 19.7 Å². The number of hydrogen-bond donors (Lipinski definition) is 1. The van der Waals surface area contributed by atoms with Gasteiger partial charge in [-0.2, -0.15) is 0 Å². The van der Waals surface area contributed by atoms with E-state index in [2.05, 4.69) is 33.0 Å². The molecule has 0 aliphatic carbocycles. The van der Waals surface area contributed by atoms with Crippen LogP contribution in [0, 0.1) is 5.92 Å². The van der Waals surface area contributed by atoms with Crippen molar-refractivity contribution in [1.29, 1.82) is 0 Å². The molecule has 3 aliphatic rings. The first-order valence-electron chi connectivity index (χ1n) is 7.59. The molecule has 3 aliphatic heterocycles. The highest BCUT2D eigenvalue weighted by Crippen LogP contribution is 2.44. The van der Waals surface area contributed by atoms with E-state index < -0.39 is 0 Å². The van der Waals surface area contributed by atoms with Gasteiger partial charge in [-0.25, -0.2) is 0 Å². The lowest BCUT2D eigenvalue weighted by Crippen LogP contribution is -2.41. The van der Waals surface area contributed by atoms with E-state index in [0.29, 0.717) is 17.8 Å². The highest BCUT2D eigenvalue weighted by Gasteiger charge is 2.56. The maximum absolute atomic E-state index is 6.22. The second-order valence-electron chi connectivity index (χ2n) is 7.16. The van der Waals surface area contributed by atoms with Crippen molar-refractivity contribution >= 4 is 7.12 Å². The average Bonchev–Trinajstić information content (AvgIpc) is 3.00. The summed E-state index contributed by atoms with van der Waals surface area (Å²) >= 11 is 0. The maximum atomic E-state index is 6.22. The molecule has 3 rings (SSSR count). The van der Waals surface area contributed by atoms with Crippen molar-refractivity contribution in [2.24, 2.45) is 5.92 Å². The first-order valence-corrected chi connectivity index (χ1v) is 7.59. The van der Waals surface area contributed by atoms with Crippen LogP contribution in [0.3, 0.4) is 0 Å². The Hall–Kier alpha value is -0.0951. The molecule has 3 fully saturated rings. The van der Waals surface area contributed by atoms with Gasteiger partial charge in [0, 0.05) is 24.9 Å². The van der Waals surface area contributed by atoms with Gasteiger partial charge in [0.05, 0.1) is 17.3 Å². The normalized spacial score (nSPS) is 41.1. The predicted octanol–water partition coefficient (Wildman–Crippen LogP) is 1.85. The van der Waals surface area contributed by atoms with E-state index in [1.54, 1.807) is 0 Å². The summed E-state index contributed by atoms with van der Waals surface area (Å²) in [5, 5.41) is 3.49. The summed E-state index contributed by atoms with van der Waals surface area (Å²) in [7, 11) is -0.103. The molecule has 3 heterocycles. The lowest BCUT2D eigenvalue weighted by Gasteiger charge is -2.32. The van der Waals surface area contributed by atoms with Crippen LogP contribution < -0.4 is 5.32 Å². The standard InChI is InChI=1S/C14H26BNO3/c1-13(2)14(3,4)19-15(18-13)11-9-16-8-10(11)12-6-5-7-17-12/h10-12,16H,5-9H2,1-4H3. The quantitative estimate of drug-likeness (QED) is 0.775. The fraction of sp³-hybridized carbons (Fsp3) is 1.00. The molecule has 108 valence electrons. The van der Waals surface area contributed by atoms with Gasteiger partial charge in [0.25, 0.3) is 0 Å². The van der Waals surface area contributed by atoms with Crippen molar-refractivity contribution in [1.82, 2.24) is 5.32 Å². The summed E-state index contributed by atoms with van der Waals surface area (Å²) < 4.78 is 18.3. The highest BCUT2D eigenvalue weighted by atomic mass is 16.7. The Balaban J connectivity index is 1.72. The van der Waals surface area contributed by atoms with Crippen LogP contribution in [-0.2, 0) is 14.0 Å². The van der Waals surface area contributed by atoms with Gasteiger partial charge in [0.15, 0.2) is 0 Å². The molecule has 3 atom stereocenters. The SMILES string of the molecule is CC1(C)OB(C2CNCC2C2CCCO2)OC1(C)C. The van der Waals surface area contributed by atoms with E-state index in [4.69, 9.17) is 14.0 Å². The van der Waals surface area contributed by atoms with E-state index in [1.165, 1.54) is 12.8 Å². The van der Waals surface area contributed by atoms with Gasteiger partial charge in [-0.05, 0) is 47.1 Å². The molecule has 3 unspecified atom stereocenters. The molecule has 4 nitrogen and oxygen atoms in total. The van der Waals surface area contributed by atoms with Gasteiger partial charge >= 0.3 is 7.12 Å². The Morgan fingerprint density at radius 3 is 2.32 bits per heavy atom. The van der Waals surface area contributed by atoms with Crippen molar-refractivity contribution in [2.45, 2.75) is 63.7 Å². The van der Waals surface area contributed by atoms with Crippen LogP contribution in [0.25, 0.3) is 0 Å². The number of hydrogen-bond acceptors (Lipinski definition) is 4. The van der Waals surface area contributed by atoms with Gasteiger partial charge in [-0.15, -0.1) is 0 Å². The van der Waals surface area contributed by atoms with Crippen molar-refractivity contribution in [3.05, 3.63) is 0 Å². The lowest BCUT2D eigenvalue weighted by atomic mass is 9.65. The van der Waals surface area contributed by atoms with Gasteiger partial charge in [0.2, 0.25) is 0 Å². The molecule has 0 bridgehead atoms. The highest BCUT2D eigenvalue weighted by molar-refractivity contribution is 6.47. The number of rotatable bonds is 2. The topological polar surface area (TPSA) is 39.7 Å². The molecular formula is C14H26BNO3. The van der Waals surface area contributed by atoms with Crippen molar-refractivity contribution in [3.63, 3.8) is 0 Å². The number of ether oxygens (including phenoxy) is 1. The van der Waals surface area contributed by atoms with Crippen LogP contribution in [0.2, 0.25) is 5.82 Å². The minimum atomic E-state index is -0.235. The Bertz CT molecular complexity index is 326. The van der Waals surface area contributed by atoms with Crippen molar-refractivity contribution < 1.29 is 14.0 Å². The predicted molar refractivity (Wildman–Crippen MR) is 75.2 cm³/mol. The fourth-order valence-corrected chi connectivity index (χ4v) is 3.43. The minimum Gasteiger partial charge on any atom is -0.403 e. The van der Waals surface area contributed by atoms with Crippen LogP contribution in [0.1, 0.15) is 40.5 Å². The third-order valence-corrected chi connectivity index (χ3v) is 5.37. The first kappa shape index (κ1) is 13.9.